The van der Waals surface area contributed by atoms with Crippen LogP contribution in [-0.4, -0.2) is 30.4 Å². The van der Waals surface area contributed by atoms with Crippen LogP contribution < -0.4 is 5.32 Å². The minimum absolute atomic E-state index is 0.0655. The van der Waals surface area contributed by atoms with Gasteiger partial charge in [0.05, 0.1) is 7.11 Å². The van der Waals surface area contributed by atoms with Crippen LogP contribution in [0.5, 0.6) is 5.75 Å². The molecule has 0 aliphatic rings. The van der Waals surface area contributed by atoms with Gasteiger partial charge >= 0.3 is 12.1 Å². The van der Waals surface area contributed by atoms with E-state index in [0.29, 0.717) is 6.07 Å². The summed E-state index contributed by atoms with van der Waals surface area (Å²) in [6.07, 6.45) is -4.74. The fourth-order valence-electron chi connectivity index (χ4n) is 3.09. The number of hydrogen-bond donors (Lipinski definition) is 2. The van der Waals surface area contributed by atoms with Gasteiger partial charge in [0.2, 0.25) is 0 Å². The number of phenolic OH excluding ortho intramolecular Hbond substituents is 1. The highest BCUT2D eigenvalue weighted by Gasteiger charge is 2.43. The zero-order chi connectivity index (χ0) is 22.6. The lowest BCUT2D eigenvalue weighted by Gasteiger charge is -2.27. The lowest BCUT2D eigenvalue weighted by atomic mass is 9.97. The molecule has 164 valence electrons. The molecule has 0 spiro atoms. The number of phenols is 1. The third kappa shape index (κ3) is 5.69. The molecule has 4 nitrogen and oxygen atoms in total. The van der Waals surface area contributed by atoms with Gasteiger partial charge in [0.1, 0.15) is 29.5 Å². The molecule has 2 atom stereocenters. The van der Waals surface area contributed by atoms with Crippen LogP contribution in [0.1, 0.15) is 31.9 Å². The number of alkyl halides is 3. The molecule has 0 bridgehead atoms. The van der Waals surface area contributed by atoms with Crippen molar-refractivity contribution in [2.75, 3.05) is 7.11 Å². The number of carbonyl (C=O) groups is 1. The minimum Gasteiger partial charge on any atom is -0.507 e. The van der Waals surface area contributed by atoms with Crippen molar-refractivity contribution in [1.29, 1.82) is 0 Å². The van der Waals surface area contributed by atoms with Gasteiger partial charge in [0.15, 0.2) is 0 Å². The average Bonchev–Trinajstić information content (AvgIpc) is 2.63. The van der Waals surface area contributed by atoms with Crippen LogP contribution in [0.15, 0.2) is 36.4 Å². The van der Waals surface area contributed by atoms with Crippen LogP contribution in [-0.2, 0) is 9.53 Å². The molecule has 2 rings (SSSR count). The molecule has 2 N–H and O–H groups in total. The van der Waals surface area contributed by atoms with Crippen molar-refractivity contribution in [3.05, 3.63) is 53.6 Å². The minimum atomic E-state index is -4.82. The van der Waals surface area contributed by atoms with Crippen LogP contribution in [0.3, 0.4) is 0 Å². The van der Waals surface area contributed by atoms with E-state index < -0.39 is 47.2 Å². The summed E-state index contributed by atoms with van der Waals surface area (Å²) in [5.74, 6) is -3.28. The van der Waals surface area contributed by atoms with Crippen molar-refractivity contribution < 1.29 is 36.6 Å². The first-order valence-corrected chi connectivity index (χ1v) is 9.13. The second-order valence-electron chi connectivity index (χ2n) is 7.25. The van der Waals surface area contributed by atoms with Crippen molar-refractivity contribution in [3.63, 3.8) is 0 Å². The first kappa shape index (κ1) is 23.6. The Kier molecular flexibility index (Phi) is 7.41. The topological polar surface area (TPSA) is 58.6 Å². The van der Waals surface area contributed by atoms with Crippen LogP contribution in [0.4, 0.5) is 22.0 Å². The molecule has 0 radical (unpaired) electrons. The summed E-state index contributed by atoms with van der Waals surface area (Å²) in [5, 5.41) is 12.1. The van der Waals surface area contributed by atoms with Crippen molar-refractivity contribution >= 4 is 5.97 Å². The molecule has 0 saturated carbocycles. The van der Waals surface area contributed by atoms with E-state index in [1.807, 2.05) is 0 Å². The second kappa shape index (κ2) is 9.42. The van der Waals surface area contributed by atoms with Crippen LogP contribution in [0, 0.1) is 17.6 Å². The standard InChI is InChI=1S/C21H22F5NO3/c1-11(2)8-17(20(29)30-3)27-19(21(24,25)26)12-4-6-14(16(23)9-12)15-7-5-13(22)10-18(15)28/h4-7,9-11,17,19,27-28H,8H2,1-3H3/t17-,19?/m0/s1. The number of nitrogens with one attached hydrogen (secondary N) is 1. The summed E-state index contributed by atoms with van der Waals surface area (Å²) in [6.45, 7) is 3.48. The van der Waals surface area contributed by atoms with Gasteiger partial charge in [-0.15, -0.1) is 0 Å². The molecular formula is C21H22F5NO3. The maximum Gasteiger partial charge on any atom is 0.407 e. The van der Waals surface area contributed by atoms with Crippen LogP contribution >= 0.6 is 0 Å². The summed E-state index contributed by atoms with van der Waals surface area (Å²) < 4.78 is 73.5. The molecule has 0 amide bonds. The smallest absolute Gasteiger partial charge is 0.407 e. The molecule has 2 aromatic carbocycles. The Morgan fingerprint density at radius 1 is 1.10 bits per heavy atom. The van der Waals surface area contributed by atoms with Gasteiger partial charge in [-0.3, -0.25) is 10.1 Å². The molecule has 1 unspecified atom stereocenters. The molecular weight excluding hydrogens is 409 g/mol. The molecule has 0 aromatic heterocycles. The third-order valence-electron chi connectivity index (χ3n) is 4.46. The predicted molar refractivity (Wildman–Crippen MR) is 101 cm³/mol. The molecule has 0 aliphatic heterocycles. The fraction of sp³-hybridized carbons (Fsp3) is 0.381. The van der Waals surface area contributed by atoms with Crippen molar-refractivity contribution in [2.45, 2.75) is 38.5 Å². The largest absolute Gasteiger partial charge is 0.507 e. The van der Waals surface area contributed by atoms with E-state index in [4.69, 9.17) is 0 Å². The van der Waals surface area contributed by atoms with Gasteiger partial charge in [-0.05, 0) is 36.1 Å². The van der Waals surface area contributed by atoms with Crippen LogP contribution in [0.25, 0.3) is 11.1 Å². The lowest BCUT2D eigenvalue weighted by Crippen LogP contribution is -2.45. The van der Waals surface area contributed by atoms with Gasteiger partial charge in [0, 0.05) is 17.2 Å². The monoisotopic (exact) mass is 431 g/mol. The maximum atomic E-state index is 14.6. The zero-order valence-electron chi connectivity index (χ0n) is 16.6. The van der Waals surface area contributed by atoms with E-state index in [0.717, 1.165) is 37.4 Å². The van der Waals surface area contributed by atoms with Gasteiger partial charge < -0.3 is 9.84 Å². The third-order valence-corrected chi connectivity index (χ3v) is 4.46. The average molecular weight is 431 g/mol. The number of halogens is 5. The Morgan fingerprint density at radius 3 is 2.23 bits per heavy atom. The van der Waals surface area contributed by atoms with Gasteiger partial charge in [-0.1, -0.05) is 26.0 Å². The number of ether oxygens (including phenoxy) is 1. The highest BCUT2D eigenvalue weighted by Crippen LogP contribution is 2.37. The van der Waals surface area contributed by atoms with E-state index in [-0.39, 0.29) is 23.5 Å². The summed E-state index contributed by atoms with van der Waals surface area (Å²) in [6, 6.07) is 2.09. The molecule has 30 heavy (non-hydrogen) atoms. The Bertz CT molecular complexity index is 899. The van der Waals surface area contributed by atoms with E-state index >= 15 is 0 Å². The lowest BCUT2D eigenvalue weighted by molar-refractivity contribution is -0.164. The first-order chi connectivity index (χ1) is 13.9. The number of benzene rings is 2. The van der Waals surface area contributed by atoms with E-state index in [9.17, 15) is 31.9 Å². The Hall–Kier alpha value is -2.68. The normalized spacial score (nSPS) is 13.9. The Labute approximate surface area is 170 Å². The number of hydrogen-bond acceptors (Lipinski definition) is 4. The fourth-order valence-corrected chi connectivity index (χ4v) is 3.09. The molecule has 0 saturated heterocycles. The van der Waals surface area contributed by atoms with Crippen molar-refractivity contribution in [1.82, 2.24) is 5.32 Å². The SMILES string of the molecule is COC(=O)[C@H](CC(C)C)NC(c1ccc(-c2ccc(F)cc2O)c(F)c1)C(F)(F)F. The summed E-state index contributed by atoms with van der Waals surface area (Å²) in [7, 11) is 1.07. The van der Waals surface area contributed by atoms with Gasteiger partial charge in [0.25, 0.3) is 0 Å². The molecule has 0 fully saturated rings. The molecule has 0 aliphatic carbocycles. The molecule has 0 heterocycles. The highest BCUT2D eigenvalue weighted by atomic mass is 19.4. The Balaban J connectivity index is 2.43. The van der Waals surface area contributed by atoms with Crippen molar-refractivity contribution in [2.24, 2.45) is 5.92 Å². The van der Waals surface area contributed by atoms with E-state index in [1.54, 1.807) is 13.8 Å². The van der Waals surface area contributed by atoms with Gasteiger partial charge in [-0.25, -0.2) is 8.78 Å². The predicted octanol–water partition coefficient (Wildman–Crippen LogP) is 5.12. The highest BCUT2D eigenvalue weighted by molar-refractivity contribution is 5.75. The number of methoxy groups -OCH3 is 1. The summed E-state index contributed by atoms with van der Waals surface area (Å²) in [4.78, 5) is 11.9. The first-order valence-electron chi connectivity index (χ1n) is 9.13. The van der Waals surface area contributed by atoms with E-state index in [2.05, 4.69) is 10.1 Å². The van der Waals surface area contributed by atoms with Gasteiger partial charge in [-0.2, -0.15) is 13.2 Å². The second-order valence-corrected chi connectivity index (χ2v) is 7.25. The quantitative estimate of drug-likeness (QED) is 0.472. The number of esters is 1. The van der Waals surface area contributed by atoms with Crippen LogP contribution in [0.2, 0.25) is 0 Å². The summed E-state index contributed by atoms with van der Waals surface area (Å²) >= 11 is 0. The number of rotatable bonds is 7. The zero-order valence-corrected chi connectivity index (χ0v) is 16.6. The molecule has 2 aromatic rings. The Morgan fingerprint density at radius 2 is 1.73 bits per heavy atom. The molecule has 9 heteroatoms. The van der Waals surface area contributed by atoms with Crippen molar-refractivity contribution in [3.8, 4) is 16.9 Å². The number of carbonyl (C=O) groups excluding carboxylic acids is 1. The van der Waals surface area contributed by atoms with E-state index in [1.165, 1.54) is 0 Å². The number of aromatic hydroxyl groups is 1. The maximum absolute atomic E-state index is 14.6. The summed E-state index contributed by atoms with van der Waals surface area (Å²) in [5.41, 5.74) is -0.712.